The molecule has 1 aliphatic heterocycles. The summed E-state index contributed by atoms with van der Waals surface area (Å²) in [4.78, 5) is 32.2. The molecular weight excluding hydrogens is 410 g/mol. The van der Waals surface area contributed by atoms with Gasteiger partial charge in [-0.25, -0.2) is 4.98 Å². The molecule has 0 bridgehead atoms. The number of thiazole rings is 1. The number of carbonyl (C=O) groups excluding carboxylic acids is 2. The van der Waals surface area contributed by atoms with Crippen molar-refractivity contribution in [2.24, 2.45) is 0 Å². The van der Waals surface area contributed by atoms with Crippen LogP contribution in [0, 0.1) is 0 Å². The van der Waals surface area contributed by atoms with Crippen molar-refractivity contribution < 1.29 is 14.3 Å². The molecule has 0 saturated carbocycles. The third-order valence-corrected chi connectivity index (χ3v) is 6.14. The smallest absolute Gasteiger partial charge is 0.268 e. The predicted octanol–water partition coefficient (Wildman–Crippen LogP) is 4.90. The lowest BCUT2D eigenvalue weighted by molar-refractivity contribution is -0.128. The van der Waals surface area contributed by atoms with Crippen LogP contribution >= 0.6 is 11.3 Å². The monoisotopic (exact) mass is 435 g/mol. The molecule has 0 fully saturated rings. The molecule has 1 aromatic heterocycles. The number of fused-ring (bicyclic) bond motifs is 1. The van der Waals surface area contributed by atoms with E-state index < -0.39 is 12.1 Å². The average Bonchev–Trinajstić information content (AvgIpc) is 3.23. The van der Waals surface area contributed by atoms with Gasteiger partial charge in [-0.1, -0.05) is 25.1 Å². The van der Waals surface area contributed by atoms with Crippen LogP contribution in [-0.4, -0.2) is 28.9 Å². The normalized spacial score (nSPS) is 16.4. The van der Waals surface area contributed by atoms with Crippen LogP contribution in [0.15, 0.2) is 53.9 Å². The van der Waals surface area contributed by atoms with E-state index in [2.05, 4.69) is 12.2 Å². The molecule has 3 aromatic rings. The molecule has 160 valence electrons. The second-order valence-electron chi connectivity index (χ2n) is 7.56. The van der Waals surface area contributed by atoms with E-state index in [9.17, 15) is 9.59 Å². The number of ether oxygens (including phenoxy) is 1. The number of hydrogen-bond acceptors (Lipinski definition) is 5. The number of anilines is 2. The van der Waals surface area contributed by atoms with Crippen molar-refractivity contribution in [1.82, 2.24) is 4.98 Å². The SMILES string of the molecule is CCCc1nc(-c2ccc3c(c2)N(C(C)C(=O)Nc2ccccc2)C(=O)C(C)O3)cs1. The van der Waals surface area contributed by atoms with Gasteiger partial charge >= 0.3 is 0 Å². The quantitative estimate of drug-likeness (QED) is 0.598. The Hall–Kier alpha value is -3.19. The van der Waals surface area contributed by atoms with Gasteiger partial charge in [0.05, 0.1) is 16.4 Å². The molecule has 2 heterocycles. The molecule has 4 rings (SSSR count). The highest BCUT2D eigenvalue weighted by molar-refractivity contribution is 7.09. The summed E-state index contributed by atoms with van der Waals surface area (Å²) in [5, 5.41) is 6.00. The standard InChI is InChI=1S/C24H25N3O3S/c1-4-8-22-26-19(14-31-22)17-11-12-21-20(13-17)27(24(29)16(3)30-21)15(2)23(28)25-18-9-6-5-7-10-18/h5-7,9-16H,4,8H2,1-3H3,(H,25,28). The lowest BCUT2D eigenvalue weighted by Gasteiger charge is -2.36. The highest BCUT2D eigenvalue weighted by Gasteiger charge is 2.37. The molecule has 2 unspecified atom stereocenters. The fraction of sp³-hybridized carbons (Fsp3) is 0.292. The first-order valence-corrected chi connectivity index (χ1v) is 11.3. The molecule has 2 amide bonds. The average molecular weight is 436 g/mol. The van der Waals surface area contributed by atoms with Gasteiger partial charge in [0, 0.05) is 16.6 Å². The molecule has 2 atom stereocenters. The van der Waals surface area contributed by atoms with Crippen LogP contribution in [0.3, 0.4) is 0 Å². The highest BCUT2D eigenvalue weighted by Crippen LogP contribution is 2.39. The summed E-state index contributed by atoms with van der Waals surface area (Å²) in [6.45, 7) is 5.56. The fourth-order valence-corrected chi connectivity index (χ4v) is 4.49. The van der Waals surface area contributed by atoms with E-state index in [-0.39, 0.29) is 11.8 Å². The van der Waals surface area contributed by atoms with Crippen molar-refractivity contribution in [3.63, 3.8) is 0 Å². The molecule has 0 radical (unpaired) electrons. The van der Waals surface area contributed by atoms with Crippen molar-refractivity contribution in [1.29, 1.82) is 0 Å². The van der Waals surface area contributed by atoms with Crippen molar-refractivity contribution in [3.8, 4) is 17.0 Å². The Bertz CT molecular complexity index is 1100. The maximum Gasteiger partial charge on any atom is 0.268 e. The minimum atomic E-state index is -0.709. The van der Waals surface area contributed by atoms with Gasteiger partial charge in [-0.05, 0) is 57.0 Å². The topological polar surface area (TPSA) is 71.5 Å². The zero-order chi connectivity index (χ0) is 22.0. The summed E-state index contributed by atoms with van der Waals surface area (Å²) in [5.74, 6) is 0.0772. The van der Waals surface area contributed by atoms with Crippen LogP contribution in [0.4, 0.5) is 11.4 Å². The van der Waals surface area contributed by atoms with E-state index in [1.54, 1.807) is 25.2 Å². The fourth-order valence-electron chi connectivity index (χ4n) is 3.58. The van der Waals surface area contributed by atoms with Crippen molar-refractivity contribution >= 4 is 34.5 Å². The summed E-state index contributed by atoms with van der Waals surface area (Å²) in [6.07, 6.45) is 1.32. The minimum absolute atomic E-state index is 0.245. The van der Waals surface area contributed by atoms with Gasteiger partial charge < -0.3 is 10.1 Å². The maximum absolute atomic E-state index is 13.0. The first kappa shape index (κ1) is 21.1. The molecule has 31 heavy (non-hydrogen) atoms. The Morgan fingerprint density at radius 2 is 2.03 bits per heavy atom. The van der Waals surface area contributed by atoms with Crippen LogP contribution < -0.4 is 15.0 Å². The Morgan fingerprint density at radius 1 is 1.26 bits per heavy atom. The number of carbonyl (C=O) groups is 2. The number of hydrogen-bond donors (Lipinski definition) is 1. The third-order valence-electron chi connectivity index (χ3n) is 5.23. The van der Waals surface area contributed by atoms with Crippen LogP contribution in [0.2, 0.25) is 0 Å². The largest absolute Gasteiger partial charge is 0.479 e. The molecule has 7 heteroatoms. The predicted molar refractivity (Wildman–Crippen MR) is 124 cm³/mol. The molecule has 2 aromatic carbocycles. The Morgan fingerprint density at radius 3 is 2.77 bits per heavy atom. The number of aromatic nitrogens is 1. The zero-order valence-electron chi connectivity index (χ0n) is 17.8. The van der Waals surface area contributed by atoms with Gasteiger partial charge in [0.15, 0.2) is 6.10 Å². The van der Waals surface area contributed by atoms with Gasteiger partial charge in [-0.2, -0.15) is 0 Å². The number of rotatable bonds is 6. The molecule has 0 aliphatic carbocycles. The number of nitrogens with zero attached hydrogens (tertiary/aromatic N) is 2. The minimum Gasteiger partial charge on any atom is -0.479 e. The van der Waals surface area contributed by atoms with Gasteiger partial charge in [0.25, 0.3) is 5.91 Å². The second kappa shape index (κ2) is 8.89. The number of aryl methyl sites for hydroxylation is 1. The van der Waals surface area contributed by atoms with Crippen LogP contribution in [0.1, 0.15) is 32.2 Å². The van der Waals surface area contributed by atoms with Crippen LogP contribution in [-0.2, 0) is 16.0 Å². The molecule has 1 aliphatic rings. The van der Waals surface area contributed by atoms with E-state index >= 15 is 0 Å². The maximum atomic E-state index is 13.0. The number of nitrogens with one attached hydrogen (secondary N) is 1. The molecular formula is C24H25N3O3S. The van der Waals surface area contributed by atoms with Gasteiger partial charge in [-0.3, -0.25) is 14.5 Å². The molecule has 6 nitrogen and oxygen atoms in total. The van der Waals surface area contributed by atoms with E-state index in [1.807, 2.05) is 53.9 Å². The first-order valence-electron chi connectivity index (χ1n) is 10.4. The lowest BCUT2D eigenvalue weighted by atomic mass is 10.1. The summed E-state index contributed by atoms with van der Waals surface area (Å²) in [7, 11) is 0. The summed E-state index contributed by atoms with van der Waals surface area (Å²) < 4.78 is 5.82. The van der Waals surface area contributed by atoms with Gasteiger partial charge in [0.2, 0.25) is 5.91 Å². The van der Waals surface area contributed by atoms with Crippen molar-refractivity contribution in [2.75, 3.05) is 10.2 Å². The number of para-hydroxylation sites is 1. The van der Waals surface area contributed by atoms with E-state index in [1.165, 1.54) is 4.90 Å². The lowest BCUT2D eigenvalue weighted by Crippen LogP contribution is -2.52. The van der Waals surface area contributed by atoms with Gasteiger partial charge in [-0.15, -0.1) is 11.3 Å². The van der Waals surface area contributed by atoms with Crippen LogP contribution in [0.5, 0.6) is 5.75 Å². The Labute approximate surface area is 185 Å². The van der Waals surface area contributed by atoms with Crippen molar-refractivity contribution in [3.05, 3.63) is 58.9 Å². The van der Waals surface area contributed by atoms with Crippen LogP contribution in [0.25, 0.3) is 11.3 Å². The Balaban J connectivity index is 1.66. The van der Waals surface area contributed by atoms with E-state index in [4.69, 9.17) is 9.72 Å². The second-order valence-corrected chi connectivity index (χ2v) is 8.50. The van der Waals surface area contributed by atoms with E-state index in [0.717, 1.165) is 29.1 Å². The van der Waals surface area contributed by atoms with Crippen molar-refractivity contribution in [2.45, 2.75) is 45.8 Å². The first-order chi connectivity index (χ1) is 15.0. The van der Waals surface area contributed by atoms with E-state index in [0.29, 0.717) is 17.1 Å². The highest BCUT2D eigenvalue weighted by atomic mass is 32.1. The zero-order valence-corrected chi connectivity index (χ0v) is 18.6. The third kappa shape index (κ3) is 4.32. The summed E-state index contributed by atoms with van der Waals surface area (Å²) in [5.41, 5.74) is 3.03. The number of benzene rings is 2. The Kier molecular flexibility index (Phi) is 6.04. The number of amides is 2. The summed E-state index contributed by atoms with van der Waals surface area (Å²) in [6, 6.07) is 14.2. The molecule has 0 saturated heterocycles. The van der Waals surface area contributed by atoms with Gasteiger partial charge in [0.1, 0.15) is 11.8 Å². The molecule has 0 spiro atoms. The summed E-state index contributed by atoms with van der Waals surface area (Å²) >= 11 is 1.63. The molecule has 1 N–H and O–H groups in total.